The highest BCUT2D eigenvalue weighted by Gasteiger charge is 2.35. The summed E-state index contributed by atoms with van der Waals surface area (Å²) in [6.45, 7) is 4.33. The van der Waals surface area contributed by atoms with Gasteiger partial charge in [-0.25, -0.2) is 4.39 Å². The fourth-order valence-electron chi connectivity index (χ4n) is 5.49. The molecule has 1 aliphatic rings. The molecule has 0 N–H and O–H groups in total. The first-order valence-corrected chi connectivity index (χ1v) is 14.0. The number of halogens is 1. The summed E-state index contributed by atoms with van der Waals surface area (Å²) in [6, 6.07) is 18.2. The van der Waals surface area contributed by atoms with Crippen LogP contribution in [0.15, 0.2) is 65.8 Å². The summed E-state index contributed by atoms with van der Waals surface area (Å²) in [6.07, 6.45) is 2.03. The molecule has 0 radical (unpaired) electrons. The van der Waals surface area contributed by atoms with Gasteiger partial charge in [0.2, 0.25) is 0 Å². The van der Waals surface area contributed by atoms with Gasteiger partial charge in [0.25, 0.3) is 0 Å². The van der Waals surface area contributed by atoms with Gasteiger partial charge in [0.1, 0.15) is 23.9 Å². The van der Waals surface area contributed by atoms with Gasteiger partial charge >= 0.3 is 5.97 Å². The van der Waals surface area contributed by atoms with Crippen molar-refractivity contribution in [3.8, 4) is 22.6 Å². The van der Waals surface area contributed by atoms with Crippen LogP contribution >= 0.6 is 0 Å². The largest absolute Gasteiger partial charge is 0.497 e. The van der Waals surface area contributed by atoms with Gasteiger partial charge in [-0.2, -0.15) is 0 Å². The first-order valence-electron chi connectivity index (χ1n) is 14.0. The first kappa shape index (κ1) is 30.9. The van der Waals surface area contributed by atoms with E-state index in [2.05, 4.69) is 10.0 Å². The zero-order chi connectivity index (χ0) is 30.3. The van der Waals surface area contributed by atoms with Crippen LogP contribution in [0.1, 0.15) is 61.8 Å². The van der Waals surface area contributed by atoms with Crippen molar-refractivity contribution in [3.05, 3.63) is 93.6 Å². The summed E-state index contributed by atoms with van der Waals surface area (Å²) in [5.74, 6) is 1.20. The van der Waals surface area contributed by atoms with Gasteiger partial charge in [-0.05, 0) is 88.9 Å². The third kappa shape index (κ3) is 7.41. The van der Waals surface area contributed by atoms with E-state index in [1.807, 2.05) is 56.3 Å². The number of carbonyl (C=O) groups is 1. The molecule has 3 aromatic rings. The minimum absolute atomic E-state index is 0.102. The van der Waals surface area contributed by atoms with E-state index in [9.17, 15) is 4.79 Å². The summed E-state index contributed by atoms with van der Waals surface area (Å²) in [4.78, 5) is 15.0. The average molecular weight is 576 g/mol. The number of hydrogen-bond acceptors (Lipinski definition) is 6. The van der Waals surface area contributed by atoms with Crippen LogP contribution in [0.25, 0.3) is 21.6 Å². The van der Waals surface area contributed by atoms with Crippen LogP contribution in [-0.2, 0) is 20.9 Å². The van der Waals surface area contributed by atoms with E-state index in [1.54, 1.807) is 19.2 Å². The smallest absolute Gasteiger partial charge is 0.306 e. The maximum absolute atomic E-state index is 15.2. The number of nitrogens with zero attached hydrogens (tertiary/aromatic N) is 3. The number of azide groups is 1. The van der Waals surface area contributed by atoms with Crippen molar-refractivity contribution in [2.24, 2.45) is 16.4 Å². The molecule has 42 heavy (non-hydrogen) atoms. The molecule has 4 rings (SSSR count). The highest BCUT2D eigenvalue weighted by molar-refractivity contribution is 5.71. The summed E-state index contributed by atoms with van der Waals surface area (Å²) < 4.78 is 37.6. The predicted octanol–water partition coefficient (Wildman–Crippen LogP) is 8.16. The molecule has 0 heterocycles. The Morgan fingerprint density at radius 3 is 2.50 bits per heavy atom. The van der Waals surface area contributed by atoms with Crippen molar-refractivity contribution < 1.29 is 28.1 Å². The maximum atomic E-state index is 15.2. The molecule has 0 aromatic heterocycles. The Morgan fingerprint density at radius 2 is 1.83 bits per heavy atom. The van der Waals surface area contributed by atoms with Crippen LogP contribution in [-0.4, -0.2) is 33.8 Å². The highest BCUT2D eigenvalue weighted by Crippen LogP contribution is 2.45. The maximum Gasteiger partial charge on any atom is 0.306 e. The number of methoxy groups -OCH3 is 3. The molecule has 1 fully saturated rings. The number of hydrogen-bond donors (Lipinski definition) is 0. The molecule has 2 atom stereocenters. The summed E-state index contributed by atoms with van der Waals surface area (Å²) in [5.41, 5.74) is 12.0. The quantitative estimate of drug-likeness (QED) is 0.0835. The van der Waals surface area contributed by atoms with Crippen LogP contribution in [0.2, 0.25) is 0 Å². The molecule has 2 unspecified atom stereocenters. The average Bonchev–Trinajstić information content (AvgIpc) is 3.84. The molecule has 8 nitrogen and oxygen atoms in total. The van der Waals surface area contributed by atoms with Crippen molar-refractivity contribution in [1.29, 1.82) is 0 Å². The number of rotatable bonds is 14. The fraction of sp³-hybridized carbons (Fsp3) is 0.424. The fourth-order valence-corrected chi connectivity index (χ4v) is 5.49. The van der Waals surface area contributed by atoms with E-state index in [4.69, 9.17) is 24.5 Å². The van der Waals surface area contributed by atoms with Crippen LogP contribution in [0.5, 0.6) is 11.5 Å². The monoisotopic (exact) mass is 575 g/mol. The van der Waals surface area contributed by atoms with E-state index in [-0.39, 0.29) is 25.0 Å². The zero-order valence-corrected chi connectivity index (χ0v) is 24.8. The molecule has 222 valence electrons. The normalized spacial score (nSPS) is 14.4. The molecule has 0 spiro atoms. The van der Waals surface area contributed by atoms with Gasteiger partial charge in [0.15, 0.2) is 0 Å². The summed E-state index contributed by atoms with van der Waals surface area (Å²) in [5, 5.41) is 3.80. The molecular formula is C33H38FN3O5. The van der Waals surface area contributed by atoms with Gasteiger partial charge in [-0.1, -0.05) is 43.2 Å². The Labute approximate surface area is 246 Å². The standard InChI is InChI=1S/C33H38FN3O5/c1-33(2,20-36-37-35)32(41-5)29-15-21(9-13-26(29)28-17-24(39-3)12-14-30(28)34)19-42-25-8-6-7-23(16-25)27(22-10-11-22)18-31(38)40-4/h6-9,12-17,22,27,32H,10-11,18-20H2,1-5H3. The SMILES string of the molecule is COC(=O)CC(c1cccc(OCc2ccc(-c3cc(OC)ccc3F)c(C(OC)C(C)(C)CN=[N+]=[N-])c2)c1)C1CC1. The number of esters is 1. The third-order valence-corrected chi connectivity index (χ3v) is 7.85. The highest BCUT2D eigenvalue weighted by atomic mass is 19.1. The Hall–Kier alpha value is -4.07. The van der Waals surface area contributed by atoms with Gasteiger partial charge in [0.05, 0.1) is 26.7 Å². The molecule has 1 saturated carbocycles. The zero-order valence-electron chi connectivity index (χ0n) is 24.8. The number of carbonyl (C=O) groups excluding carboxylic acids is 1. The summed E-state index contributed by atoms with van der Waals surface area (Å²) in [7, 11) is 4.55. The molecule has 0 amide bonds. The molecule has 0 bridgehead atoms. The van der Waals surface area contributed by atoms with Crippen molar-refractivity contribution in [2.45, 2.75) is 51.7 Å². The van der Waals surface area contributed by atoms with Gasteiger partial charge in [-0.15, -0.1) is 0 Å². The van der Waals surface area contributed by atoms with Crippen LogP contribution in [0.4, 0.5) is 4.39 Å². The van der Waals surface area contributed by atoms with E-state index in [1.165, 1.54) is 20.3 Å². The van der Waals surface area contributed by atoms with E-state index < -0.39 is 17.3 Å². The molecule has 9 heteroatoms. The summed E-state index contributed by atoms with van der Waals surface area (Å²) >= 11 is 0. The lowest BCUT2D eigenvalue weighted by molar-refractivity contribution is -0.141. The van der Waals surface area contributed by atoms with Crippen molar-refractivity contribution in [2.75, 3.05) is 27.9 Å². The lowest BCUT2D eigenvalue weighted by atomic mass is 9.79. The number of benzene rings is 3. The topological polar surface area (TPSA) is 103 Å². The number of ether oxygens (including phenoxy) is 4. The third-order valence-electron chi connectivity index (χ3n) is 7.85. The molecule has 1 aliphatic carbocycles. The lowest BCUT2D eigenvalue weighted by Gasteiger charge is -2.34. The van der Waals surface area contributed by atoms with E-state index >= 15 is 4.39 Å². The minimum Gasteiger partial charge on any atom is -0.497 e. The van der Waals surface area contributed by atoms with Crippen molar-refractivity contribution >= 4 is 5.97 Å². The van der Waals surface area contributed by atoms with Crippen molar-refractivity contribution in [1.82, 2.24) is 0 Å². The Balaban J connectivity index is 1.67. The van der Waals surface area contributed by atoms with Crippen LogP contribution in [0.3, 0.4) is 0 Å². The first-order chi connectivity index (χ1) is 20.2. The second-order valence-electron chi connectivity index (χ2n) is 11.3. The minimum atomic E-state index is -0.601. The predicted molar refractivity (Wildman–Crippen MR) is 159 cm³/mol. The van der Waals surface area contributed by atoms with Crippen LogP contribution in [0, 0.1) is 17.2 Å². The lowest BCUT2D eigenvalue weighted by Crippen LogP contribution is -2.27. The van der Waals surface area contributed by atoms with E-state index in [0.29, 0.717) is 35.0 Å². The van der Waals surface area contributed by atoms with Gasteiger partial charge in [-0.3, -0.25) is 4.79 Å². The second kappa shape index (κ2) is 13.7. The molecule has 3 aromatic carbocycles. The molecule has 0 aliphatic heterocycles. The van der Waals surface area contributed by atoms with Gasteiger partial charge in [0, 0.05) is 29.5 Å². The Morgan fingerprint density at radius 1 is 1.05 bits per heavy atom. The molecule has 0 saturated heterocycles. The van der Waals surface area contributed by atoms with Gasteiger partial charge < -0.3 is 18.9 Å². The Kier molecular flexibility index (Phi) is 10.1. The van der Waals surface area contributed by atoms with Crippen LogP contribution < -0.4 is 9.47 Å². The second-order valence-corrected chi connectivity index (χ2v) is 11.3. The Bertz CT molecular complexity index is 1450. The molecular weight excluding hydrogens is 537 g/mol. The van der Waals surface area contributed by atoms with Crippen molar-refractivity contribution in [3.63, 3.8) is 0 Å². The van der Waals surface area contributed by atoms with E-state index in [0.717, 1.165) is 29.5 Å².